The third-order valence-electron chi connectivity index (χ3n) is 1.74. The molecule has 1 aromatic rings. The largest absolute Gasteiger partial charge is 0.449 e. The first kappa shape index (κ1) is 9.52. The minimum Gasteiger partial charge on any atom is -0.449 e. The van der Waals surface area contributed by atoms with Crippen LogP contribution in [-0.2, 0) is 16.0 Å². The van der Waals surface area contributed by atoms with E-state index in [9.17, 15) is 4.79 Å². The lowest BCUT2D eigenvalue weighted by atomic mass is 10.1. The molecule has 13 heavy (non-hydrogen) atoms. The van der Waals surface area contributed by atoms with Gasteiger partial charge in [-0.05, 0) is 5.56 Å². The number of carbonyl (C=O) groups excluding carboxylic acids is 1. The van der Waals surface area contributed by atoms with Gasteiger partial charge in [-0.2, -0.15) is 0 Å². The molecule has 0 saturated carbocycles. The summed E-state index contributed by atoms with van der Waals surface area (Å²) in [7, 11) is 0. The van der Waals surface area contributed by atoms with Crippen LogP contribution in [0.2, 0.25) is 0 Å². The molecule has 0 aliphatic heterocycles. The van der Waals surface area contributed by atoms with Crippen LogP contribution in [0.15, 0.2) is 43.0 Å². The Morgan fingerprint density at radius 1 is 1.46 bits per heavy atom. The lowest BCUT2D eigenvalue weighted by Gasteiger charge is -2.08. The Labute approximate surface area is 77.8 Å². The molecule has 2 nitrogen and oxygen atoms in total. The molecule has 0 spiro atoms. The van der Waals surface area contributed by atoms with Gasteiger partial charge in [-0.25, -0.2) is 4.79 Å². The van der Waals surface area contributed by atoms with Crippen LogP contribution >= 0.6 is 0 Å². The highest BCUT2D eigenvalue weighted by Gasteiger charge is 2.04. The Kier molecular flexibility index (Phi) is 3.76. The quantitative estimate of drug-likeness (QED) is 0.638. The van der Waals surface area contributed by atoms with Gasteiger partial charge in [0.15, 0.2) is 0 Å². The maximum absolute atomic E-state index is 9.97. The van der Waals surface area contributed by atoms with Crippen LogP contribution in [0.5, 0.6) is 0 Å². The molecule has 1 aromatic carbocycles. The van der Waals surface area contributed by atoms with Crippen LogP contribution in [0.25, 0.3) is 0 Å². The van der Waals surface area contributed by atoms with Crippen molar-refractivity contribution in [1.29, 1.82) is 0 Å². The normalized spacial score (nSPS) is 11.7. The third-order valence-corrected chi connectivity index (χ3v) is 1.74. The fraction of sp³-hybridized carbons (Fsp3) is 0.182. The molecule has 1 radical (unpaired) electrons. The average Bonchev–Trinajstić information content (AvgIpc) is 2.19. The lowest BCUT2D eigenvalue weighted by molar-refractivity contribution is 0.219. The molecule has 0 aliphatic rings. The second kappa shape index (κ2) is 5.14. The molecule has 0 amide bonds. The minimum absolute atomic E-state index is 0.278. The SMILES string of the molecule is C=CC(Cc1ccccc1)O[C]=O. The van der Waals surface area contributed by atoms with Crippen molar-refractivity contribution in [2.75, 3.05) is 0 Å². The summed E-state index contributed by atoms with van der Waals surface area (Å²) in [6.45, 7) is 4.99. The molecule has 0 N–H and O–H groups in total. The summed E-state index contributed by atoms with van der Waals surface area (Å²) in [4.78, 5) is 9.97. The molecule has 1 unspecified atom stereocenters. The molecule has 1 rings (SSSR count). The molecule has 0 heterocycles. The van der Waals surface area contributed by atoms with Crippen molar-refractivity contribution in [3.8, 4) is 0 Å². The van der Waals surface area contributed by atoms with Crippen molar-refractivity contribution in [1.82, 2.24) is 0 Å². The van der Waals surface area contributed by atoms with E-state index in [2.05, 4.69) is 11.3 Å². The number of hydrogen-bond acceptors (Lipinski definition) is 2. The van der Waals surface area contributed by atoms with E-state index >= 15 is 0 Å². The van der Waals surface area contributed by atoms with Crippen LogP contribution in [0, 0.1) is 0 Å². The molecule has 1 atom stereocenters. The maximum atomic E-state index is 9.97. The van der Waals surface area contributed by atoms with Crippen LogP contribution in [-0.4, -0.2) is 12.6 Å². The predicted molar refractivity (Wildman–Crippen MR) is 50.9 cm³/mol. The third kappa shape index (κ3) is 3.11. The first-order chi connectivity index (χ1) is 6.36. The van der Waals surface area contributed by atoms with Gasteiger partial charge in [0.05, 0.1) is 0 Å². The van der Waals surface area contributed by atoms with E-state index in [0.717, 1.165) is 5.56 Å². The van der Waals surface area contributed by atoms with E-state index < -0.39 is 0 Å². The first-order valence-electron chi connectivity index (χ1n) is 4.06. The highest BCUT2D eigenvalue weighted by molar-refractivity contribution is 5.39. The second-order valence-electron chi connectivity index (χ2n) is 2.67. The summed E-state index contributed by atoms with van der Waals surface area (Å²) in [6, 6.07) is 9.79. The second-order valence-corrected chi connectivity index (χ2v) is 2.67. The lowest BCUT2D eigenvalue weighted by Crippen LogP contribution is -2.11. The highest BCUT2D eigenvalue weighted by atomic mass is 16.5. The fourth-order valence-corrected chi connectivity index (χ4v) is 1.08. The number of benzene rings is 1. The number of rotatable bonds is 5. The van der Waals surface area contributed by atoms with Crippen molar-refractivity contribution >= 4 is 6.47 Å². The van der Waals surface area contributed by atoms with Gasteiger partial charge < -0.3 is 4.74 Å². The van der Waals surface area contributed by atoms with Gasteiger partial charge >= 0.3 is 6.47 Å². The van der Waals surface area contributed by atoms with E-state index in [1.807, 2.05) is 30.3 Å². The van der Waals surface area contributed by atoms with Crippen molar-refractivity contribution < 1.29 is 9.53 Å². The summed E-state index contributed by atoms with van der Waals surface area (Å²) < 4.78 is 4.67. The Morgan fingerprint density at radius 2 is 2.15 bits per heavy atom. The molecule has 0 saturated heterocycles. The Hall–Kier alpha value is -1.57. The maximum Gasteiger partial charge on any atom is 0.418 e. The minimum atomic E-state index is -0.278. The van der Waals surface area contributed by atoms with E-state index in [0.29, 0.717) is 6.42 Å². The van der Waals surface area contributed by atoms with E-state index in [1.165, 1.54) is 6.47 Å². The van der Waals surface area contributed by atoms with Crippen LogP contribution in [0.1, 0.15) is 5.56 Å². The van der Waals surface area contributed by atoms with Crippen molar-refractivity contribution in [2.45, 2.75) is 12.5 Å². The molecular weight excluding hydrogens is 164 g/mol. The van der Waals surface area contributed by atoms with Crippen molar-refractivity contribution in [2.24, 2.45) is 0 Å². The monoisotopic (exact) mass is 175 g/mol. The summed E-state index contributed by atoms with van der Waals surface area (Å²) in [6.07, 6.45) is 1.97. The molecule has 0 aliphatic carbocycles. The topological polar surface area (TPSA) is 26.3 Å². The number of hydrogen-bond donors (Lipinski definition) is 0. The zero-order chi connectivity index (χ0) is 9.52. The summed E-state index contributed by atoms with van der Waals surface area (Å²) in [5.41, 5.74) is 1.11. The molecular formula is C11H11O2. The van der Waals surface area contributed by atoms with Gasteiger partial charge in [-0.3, -0.25) is 0 Å². The van der Waals surface area contributed by atoms with Gasteiger partial charge in [-0.1, -0.05) is 43.0 Å². The van der Waals surface area contributed by atoms with Crippen LogP contribution in [0.4, 0.5) is 0 Å². The van der Waals surface area contributed by atoms with Crippen molar-refractivity contribution in [3.63, 3.8) is 0 Å². The molecule has 0 aromatic heterocycles. The van der Waals surface area contributed by atoms with Gasteiger partial charge in [0.2, 0.25) is 0 Å². The van der Waals surface area contributed by atoms with Gasteiger partial charge in [0.25, 0.3) is 0 Å². The standard InChI is InChI=1S/C11H11O2/c1-2-11(13-9-12)8-10-6-4-3-5-7-10/h2-7,11H,1,8H2. The predicted octanol–water partition coefficient (Wildman–Crippen LogP) is 1.87. The summed E-state index contributed by atoms with van der Waals surface area (Å²) >= 11 is 0. The Morgan fingerprint density at radius 3 is 2.69 bits per heavy atom. The fourth-order valence-electron chi connectivity index (χ4n) is 1.08. The van der Waals surface area contributed by atoms with Crippen LogP contribution < -0.4 is 0 Å². The Balaban J connectivity index is 2.56. The summed E-state index contributed by atoms with van der Waals surface area (Å²) in [5, 5.41) is 0. The number of ether oxygens (including phenoxy) is 1. The molecule has 67 valence electrons. The van der Waals surface area contributed by atoms with Crippen LogP contribution in [0.3, 0.4) is 0 Å². The van der Waals surface area contributed by atoms with Gasteiger partial charge in [-0.15, -0.1) is 0 Å². The summed E-state index contributed by atoms with van der Waals surface area (Å²) in [5.74, 6) is 0. The smallest absolute Gasteiger partial charge is 0.418 e. The molecule has 0 bridgehead atoms. The Bertz CT molecular complexity index is 267. The van der Waals surface area contributed by atoms with E-state index in [1.54, 1.807) is 6.08 Å². The van der Waals surface area contributed by atoms with E-state index in [4.69, 9.17) is 0 Å². The zero-order valence-electron chi connectivity index (χ0n) is 7.27. The molecule has 0 fully saturated rings. The van der Waals surface area contributed by atoms with Gasteiger partial charge in [0.1, 0.15) is 6.10 Å². The average molecular weight is 175 g/mol. The highest BCUT2D eigenvalue weighted by Crippen LogP contribution is 2.05. The molecule has 2 heteroatoms. The zero-order valence-corrected chi connectivity index (χ0v) is 7.27. The van der Waals surface area contributed by atoms with E-state index in [-0.39, 0.29) is 6.10 Å². The first-order valence-corrected chi connectivity index (χ1v) is 4.06. The van der Waals surface area contributed by atoms with Gasteiger partial charge in [0, 0.05) is 6.42 Å². The van der Waals surface area contributed by atoms with Crippen molar-refractivity contribution in [3.05, 3.63) is 48.6 Å².